The molecule has 1 aliphatic heterocycles. The van der Waals surface area contributed by atoms with Crippen molar-refractivity contribution in [3.8, 4) is 23.3 Å². The number of fused-ring (bicyclic) bond motifs is 1. The summed E-state index contributed by atoms with van der Waals surface area (Å²) in [6, 6.07) is 15.9. The summed E-state index contributed by atoms with van der Waals surface area (Å²) in [6.07, 6.45) is 7.06. The fraction of sp³-hybridized carbons (Fsp3) is 0.419. The van der Waals surface area contributed by atoms with Gasteiger partial charge in [0.15, 0.2) is 0 Å². The summed E-state index contributed by atoms with van der Waals surface area (Å²) in [6.45, 7) is 2.61. The van der Waals surface area contributed by atoms with E-state index in [9.17, 15) is 9.90 Å². The highest BCUT2D eigenvalue weighted by molar-refractivity contribution is 5.83. The van der Waals surface area contributed by atoms with Crippen LogP contribution >= 0.6 is 0 Å². The molecular weight excluding hydrogens is 464 g/mol. The number of aromatic nitrogens is 1. The summed E-state index contributed by atoms with van der Waals surface area (Å²) in [5, 5.41) is 10.5. The Labute approximate surface area is 219 Å². The quantitative estimate of drug-likeness (QED) is 0.374. The smallest absolute Gasteiger partial charge is 0.303 e. The fourth-order valence-corrected chi connectivity index (χ4v) is 5.33. The van der Waals surface area contributed by atoms with Crippen molar-refractivity contribution in [1.82, 2.24) is 9.88 Å². The van der Waals surface area contributed by atoms with Gasteiger partial charge in [-0.2, -0.15) is 0 Å². The molecule has 0 aliphatic carbocycles. The summed E-state index contributed by atoms with van der Waals surface area (Å²) in [7, 11) is 3.34. The highest BCUT2D eigenvalue weighted by Crippen LogP contribution is 2.32. The molecule has 0 spiro atoms. The Hall–Kier alpha value is -3.56. The highest BCUT2D eigenvalue weighted by Gasteiger charge is 2.29. The Balaban J connectivity index is 1.34. The fourth-order valence-electron chi connectivity index (χ4n) is 5.33. The first kappa shape index (κ1) is 26.5. The van der Waals surface area contributed by atoms with E-state index in [2.05, 4.69) is 33.9 Å². The minimum absolute atomic E-state index is 0.224. The zero-order valence-corrected chi connectivity index (χ0v) is 21.8. The number of aliphatic carboxylic acids is 1. The van der Waals surface area contributed by atoms with E-state index in [0.29, 0.717) is 18.4 Å². The Morgan fingerprint density at radius 3 is 2.59 bits per heavy atom. The topological polar surface area (TPSA) is 71.9 Å². The average Bonchev–Trinajstić information content (AvgIpc) is 2.93. The van der Waals surface area contributed by atoms with Crippen molar-refractivity contribution in [3.05, 3.63) is 65.9 Å². The number of rotatable bonds is 10. The number of ether oxygens (including phenoxy) is 2. The summed E-state index contributed by atoms with van der Waals surface area (Å²) in [4.78, 5) is 18.2. The SMILES string of the molecule is COc1ccc(C#CCN2CCC(CCCc3ccnc4ccc(OC)cc34)C(CCC(=O)O)C2)cc1. The molecule has 1 saturated heterocycles. The first-order chi connectivity index (χ1) is 18.1. The average molecular weight is 501 g/mol. The van der Waals surface area contributed by atoms with Crippen LogP contribution in [0.5, 0.6) is 11.5 Å². The molecular formula is C31H36N2O4. The molecule has 3 aromatic rings. The number of hydrogen-bond donors (Lipinski definition) is 1. The van der Waals surface area contributed by atoms with Crippen LogP contribution in [-0.2, 0) is 11.2 Å². The molecule has 194 valence electrons. The van der Waals surface area contributed by atoms with Crippen LogP contribution in [0, 0.1) is 23.7 Å². The first-order valence-corrected chi connectivity index (χ1v) is 13.0. The molecule has 0 radical (unpaired) electrons. The van der Waals surface area contributed by atoms with Gasteiger partial charge in [0.1, 0.15) is 11.5 Å². The summed E-state index contributed by atoms with van der Waals surface area (Å²) < 4.78 is 10.6. The predicted molar refractivity (Wildman–Crippen MR) is 146 cm³/mol. The standard InChI is InChI=1S/C31H36N2O4/c1-36-27-11-8-23(9-12-27)5-4-19-33-20-17-24(26(22-33)10-15-31(34)35)6-3-7-25-16-18-32-30-14-13-28(37-2)21-29(25)30/h8-9,11-14,16,18,21,24,26H,3,6-7,10,15,17,19-20,22H2,1-2H3,(H,34,35). The molecule has 1 aliphatic rings. The number of likely N-dealkylation sites (tertiary alicyclic amines) is 1. The maximum absolute atomic E-state index is 11.3. The lowest BCUT2D eigenvalue weighted by Crippen LogP contribution is -2.41. The van der Waals surface area contributed by atoms with Crippen molar-refractivity contribution in [1.29, 1.82) is 0 Å². The Kier molecular flexibility index (Phi) is 9.40. The van der Waals surface area contributed by atoms with Gasteiger partial charge in [0.05, 0.1) is 26.3 Å². The van der Waals surface area contributed by atoms with Crippen molar-refractivity contribution in [2.75, 3.05) is 33.9 Å². The molecule has 1 N–H and O–H groups in total. The Morgan fingerprint density at radius 2 is 1.84 bits per heavy atom. The monoisotopic (exact) mass is 500 g/mol. The molecule has 4 rings (SSSR count). The van der Waals surface area contributed by atoms with Gasteiger partial charge in [-0.1, -0.05) is 11.8 Å². The van der Waals surface area contributed by atoms with Gasteiger partial charge < -0.3 is 14.6 Å². The summed E-state index contributed by atoms with van der Waals surface area (Å²) >= 11 is 0. The minimum atomic E-state index is -0.715. The lowest BCUT2D eigenvalue weighted by molar-refractivity contribution is -0.137. The van der Waals surface area contributed by atoms with Gasteiger partial charge in [-0.05, 0) is 105 Å². The van der Waals surface area contributed by atoms with E-state index in [1.54, 1.807) is 14.2 Å². The van der Waals surface area contributed by atoms with E-state index >= 15 is 0 Å². The highest BCUT2D eigenvalue weighted by atomic mass is 16.5. The largest absolute Gasteiger partial charge is 0.497 e. The maximum Gasteiger partial charge on any atom is 0.303 e. The number of benzene rings is 2. The molecule has 1 fully saturated rings. The number of carboxylic acids is 1. The molecule has 6 heteroatoms. The van der Waals surface area contributed by atoms with E-state index in [1.807, 2.05) is 42.6 Å². The molecule has 2 heterocycles. The Bertz CT molecular complexity index is 1250. The maximum atomic E-state index is 11.3. The third-order valence-corrected chi connectivity index (χ3v) is 7.39. The van der Waals surface area contributed by atoms with Crippen LogP contribution < -0.4 is 9.47 Å². The third kappa shape index (κ3) is 7.47. The molecule has 0 bridgehead atoms. The van der Waals surface area contributed by atoms with Gasteiger partial charge in [-0.25, -0.2) is 0 Å². The summed E-state index contributed by atoms with van der Waals surface area (Å²) in [5.74, 6) is 8.41. The second-order valence-electron chi connectivity index (χ2n) is 9.75. The number of piperidine rings is 1. The molecule has 37 heavy (non-hydrogen) atoms. The van der Waals surface area contributed by atoms with Crippen molar-refractivity contribution < 1.29 is 19.4 Å². The molecule has 0 saturated carbocycles. The number of carboxylic acid groups (broad SMARTS) is 1. The van der Waals surface area contributed by atoms with Crippen molar-refractivity contribution >= 4 is 16.9 Å². The predicted octanol–water partition coefficient (Wildman–Crippen LogP) is 5.43. The van der Waals surface area contributed by atoms with Gasteiger partial charge in [0.25, 0.3) is 0 Å². The van der Waals surface area contributed by atoms with Crippen LogP contribution in [0.3, 0.4) is 0 Å². The van der Waals surface area contributed by atoms with Gasteiger partial charge in [0, 0.05) is 30.1 Å². The van der Waals surface area contributed by atoms with E-state index < -0.39 is 5.97 Å². The molecule has 2 aromatic carbocycles. The van der Waals surface area contributed by atoms with Crippen molar-refractivity contribution in [2.24, 2.45) is 11.8 Å². The van der Waals surface area contributed by atoms with E-state index in [4.69, 9.17) is 9.47 Å². The lowest BCUT2D eigenvalue weighted by atomic mass is 9.79. The van der Waals surface area contributed by atoms with Crippen molar-refractivity contribution in [2.45, 2.75) is 38.5 Å². The normalized spacial score (nSPS) is 17.7. The van der Waals surface area contributed by atoms with E-state index in [0.717, 1.165) is 73.2 Å². The van der Waals surface area contributed by atoms with Gasteiger partial charge in [-0.3, -0.25) is 14.7 Å². The molecule has 0 amide bonds. The van der Waals surface area contributed by atoms with E-state index in [-0.39, 0.29) is 6.42 Å². The molecule has 6 nitrogen and oxygen atoms in total. The number of pyridine rings is 1. The lowest BCUT2D eigenvalue weighted by Gasteiger charge is -2.38. The van der Waals surface area contributed by atoms with Gasteiger partial charge in [-0.15, -0.1) is 0 Å². The van der Waals surface area contributed by atoms with Crippen LogP contribution in [0.25, 0.3) is 10.9 Å². The minimum Gasteiger partial charge on any atom is -0.497 e. The zero-order valence-electron chi connectivity index (χ0n) is 21.8. The first-order valence-electron chi connectivity index (χ1n) is 13.0. The number of aryl methyl sites for hydroxylation is 1. The Morgan fingerprint density at radius 1 is 1.05 bits per heavy atom. The van der Waals surface area contributed by atoms with Crippen LogP contribution in [0.15, 0.2) is 54.7 Å². The third-order valence-electron chi connectivity index (χ3n) is 7.39. The summed E-state index contributed by atoms with van der Waals surface area (Å²) in [5.41, 5.74) is 3.25. The van der Waals surface area contributed by atoms with E-state index in [1.165, 1.54) is 5.56 Å². The number of hydrogen-bond acceptors (Lipinski definition) is 5. The van der Waals surface area contributed by atoms with Crippen LogP contribution in [0.2, 0.25) is 0 Å². The zero-order chi connectivity index (χ0) is 26.0. The van der Waals surface area contributed by atoms with Crippen LogP contribution in [0.1, 0.15) is 43.2 Å². The van der Waals surface area contributed by atoms with Crippen LogP contribution in [0.4, 0.5) is 0 Å². The van der Waals surface area contributed by atoms with Gasteiger partial charge in [0.2, 0.25) is 0 Å². The second kappa shape index (κ2) is 13.1. The van der Waals surface area contributed by atoms with Crippen molar-refractivity contribution in [3.63, 3.8) is 0 Å². The second-order valence-corrected chi connectivity index (χ2v) is 9.75. The van der Waals surface area contributed by atoms with Crippen LogP contribution in [-0.4, -0.2) is 54.8 Å². The van der Waals surface area contributed by atoms with Gasteiger partial charge >= 0.3 is 5.97 Å². The molecule has 1 aromatic heterocycles. The number of carbonyl (C=O) groups is 1. The molecule has 2 unspecified atom stereocenters. The molecule has 2 atom stereocenters. The number of nitrogens with zero attached hydrogens (tertiary/aromatic N) is 2. The number of methoxy groups -OCH3 is 2.